The van der Waals surface area contributed by atoms with Crippen molar-refractivity contribution in [3.63, 3.8) is 0 Å². The molecule has 14 heteroatoms. The number of hydrogen-bond acceptors (Lipinski definition) is 6. The molecule has 0 aliphatic carbocycles. The predicted molar refractivity (Wildman–Crippen MR) is 138 cm³/mol. The van der Waals surface area contributed by atoms with Crippen LogP contribution >= 0.6 is 11.8 Å². The molecule has 212 valence electrons. The minimum absolute atomic E-state index is 0.0747. The third kappa shape index (κ3) is 5.74. The molecule has 1 aromatic heterocycles. The summed E-state index contributed by atoms with van der Waals surface area (Å²) in [6.07, 6.45) is -6.79. The largest absolute Gasteiger partial charge is 0.416 e. The number of rotatable bonds is 4. The predicted octanol–water partition coefficient (Wildman–Crippen LogP) is 4.70. The number of amidine groups is 1. The zero-order chi connectivity index (χ0) is 28.8. The fraction of sp³-hybridized carbons (Fsp3) is 0.346. The molecule has 0 saturated carbocycles. The standard InChI is InChI=1S/C26H23F6N5O2S/c1-35-6-7-36(19(13-35)14-38)24-34-23(39)22(40-24)9-15-2-5-21-17(8-15)11-33-37(21)12-16-3-4-18(25(27,28)29)10-20(16)26(30,31)32/h2-5,8-11,19,38H,6-7,12-14H2,1H3/b22-9-/t19-/m1/s1. The molecule has 2 aliphatic rings. The Labute approximate surface area is 228 Å². The van der Waals surface area contributed by atoms with E-state index in [1.54, 1.807) is 24.3 Å². The summed E-state index contributed by atoms with van der Waals surface area (Å²) in [5.41, 5.74) is -1.98. The molecule has 3 heterocycles. The van der Waals surface area contributed by atoms with Crippen molar-refractivity contribution in [2.45, 2.75) is 24.9 Å². The van der Waals surface area contributed by atoms with E-state index in [9.17, 15) is 36.2 Å². The maximum absolute atomic E-state index is 13.6. The maximum Gasteiger partial charge on any atom is 0.416 e. The van der Waals surface area contributed by atoms with Crippen LogP contribution < -0.4 is 0 Å². The summed E-state index contributed by atoms with van der Waals surface area (Å²) >= 11 is 1.21. The Kier molecular flexibility index (Phi) is 7.44. The van der Waals surface area contributed by atoms with Crippen molar-refractivity contribution in [3.8, 4) is 0 Å². The van der Waals surface area contributed by atoms with E-state index in [1.165, 1.54) is 22.6 Å². The number of likely N-dealkylation sites (N-methyl/N-ethyl adjacent to an activating group) is 1. The molecule has 0 unspecified atom stereocenters. The van der Waals surface area contributed by atoms with Crippen LogP contribution in [0.3, 0.4) is 0 Å². The summed E-state index contributed by atoms with van der Waals surface area (Å²) in [6.45, 7) is 1.56. The summed E-state index contributed by atoms with van der Waals surface area (Å²) in [4.78, 5) is 21.2. The highest BCUT2D eigenvalue weighted by Crippen LogP contribution is 2.38. The molecule has 1 atom stereocenters. The second-order valence-corrected chi connectivity index (χ2v) is 10.6. The van der Waals surface area contributed by atoms with E-state index in [-0.39, 0.29) is 30.8 Å². The lowest BCUT2D eigenvalue weighted by molar-refractivity contribution is -0.143. The fourth-order valence-electron chi connectivity index (χ4n) is 4.73. The van der Waals surface area contributed by atoms with Gasteiger partial charge in [0.05, 0.1) is 46.9 Å². The number of aliphatic hydroxyl groups excluding tert-OH is 1. The molecule has 3 aromatic rings. The number of carbonyl (C=O) groups excluding carboxylic acids is 1. The van der Waals surface area contributed by atoms with E-state index in [4.69, 9.17) is 0 Å². The van der Waals surface area contributed by atoms with Crippen molar-refractivity contribution in [1.29, 1.82) is 0 Å². The minimum Gasteiger partial charge on any atom is -0.394 e. The van der Waals surface area contributed by atoms with Gasteiger partial charge in [0.25, 0.3) is 5.91 Å². The molecule has 2 aliphatic heterocycles. The Morgan fingerprint density at radius 3 is 2.55 bits per heavy atom. The molecule has 1 amide bonds. The number of benzene rings is 2. The van der Waals surface area contributed by atoms with Crippen LogP contribution in [0.4, 0.5) is 26.3 Å². The van der Waals surface area contributed by atoms with Crippen molar-refractivity contribution in [2.75, 3.05) is 33.3 Å². The van der Waals surface area contributed by atoms with E-state index in [2.05, 4.69) is 15.0 Å². The highest BCUT2D eigenvalue weighted by Gasteiger charge is 2.38. The first kappa shape index (κ1) is 28.2. The second-order valence-electron chi connectivity index (χ2n) is 9.59. The van der Waals surface area contributed by atoms with E-state index in [0.29, 0.717) is 45.7 Å². The van der Waals surface area contributed by atoms with Gasteiger partial charge in [0.2, 0.25) is 0 Å². The summed E-state index contributed by atoms with van der Waals surface area (Å²) in [6, 6.07) is 6.38. The Bertz CT molecular complexity index is 1510. The van der Waals surface area contributed by atoms with Gasteiger partial charge in [0.1, 0.15) is 0 Å². The van der Waals surface area contributed by atoms with Gasteiger partial charge in [-0.1, -0.05) is 12.1 Å². The molecule has 1 saturated heterocycles. The zero-order valence-electron chi connectivity index (χ0n) is 21.0. The van der Waals surface area contributed by atoms with Gasteiger partial charge in [0, 0.05) is 25.0 Å². The smallest absolute Gasteiger partial charge is 0.394 e. The number of fused-ring (bicyclic) bond motifs is 1. The number of alkyl halides is 6. The maximum atomic E-state index is 13.6. The molecule has 0 spiro atoms. The van der Waals surface area contributed by atoms with Crippen LogP contribution in [0.25, 0.3) is 17.0 Å². The molecule has 7 nitrogen and oxygen atoms in total. The van der Waals surface area contributed by atoms with Gasteiger partial charge >= 0.3 is 12.4 Å². The van der Waals surface area contributed by atoms with Crippen molar-refractivity contribution >= 4 is 39.8 Å². The summed E-state index contributed by atoms with van der Waals surface area (Å²) in [5, 5.41) is 15.0. The first-order valence-electron chi connectivity index (χ1n) is 12.1. The zero-order valence-corrected chi connectivity index (χ0v) is 21.8. The van der Waals surface area contributed by atoms with Crippen LogP contribution in [-0.4, -0.2) is 75.1 Å². The van der Waals surface area contributed by atoms with Crippen LogP contribution in [0.15, 0.2) is 52.5 Å². The Balaban J connectivity index is 1.37. The molecule has 40 heavy (non-hydrogen) atoms. The number of hydrogen-bond donors (Lipinski definition) is 1. The van der Waals surface area contributed by atoms with E-state index < -0.39 is 29.4 Å². The third-order valence-electron chi connectivity index (χ3n) is 6.78. The Morgan fingerprint density at radius 2 is 1.85 bits per heavy atom. The van der Waals surface area contributed by atoms with Crippen molar-refractivity contribution in [2.24, 2.45) is 4.99 Å². The molecule has 2 aromatic carbocycles. The third-order valence-corrected chi connectivity index (χ3v) is 7.80. The van der Waals surface area contributed by atoms with Crippen LogP contribution in [0.1, 0.15) is 22.3 Å². The topological polar surface area (TPSA) is 74.0 Å². The summed E-state index contributed by atoms with van der Waals surface area (Å²) in [7, 11) is 1.96. The van der Waals surface area contributed by atoms with Crippen LogP contribution in [0.5, 0.6) is 0 Å². The molecule has 0 radical (unpaired) electrons. The number of carbonyl (C=O) groups is 1. The van der Waals surface area contributed by atoms with Crippen molar-refractivity contribution in [1.82, 2.24) is 19.6 Å². The average molecular weight is 584 g/mol. The van der Waals surface area contributed by atoms with Crippen molar-refractivity contribution in [3.05, 3.63) is 69.8 Å². The molecule has 1 fully saturated rings. The monoisotopic (exact) mass is 583 g/mol. The summed E-state index contributed by atoms with van der Waals surface area (Å²) < 4.78 is 81.1. The number of nitrogens with zero attached hydrogens (tertiary/aromatic N) is 5. The van der Waals surface area contributed by atoms with Gasteiger partial charge < -0.3 is 14.9 Å². The van der Waals surface area contributed by atoms with E-state index >= 15 is 0 Å². The molecule has 5 rings (SSSR count). The highest BCUT2D eigenvalue weighted by atomic mass is 32.2. The summed E-state index contributed by atoms with van der Waals surface area (Å²) in [5.74, 6) is -0.409. The van der Waals surface area contributed by atoms with Gasteiger partial charge in [-0.25, -0.2) is 0 Å². The van der Waals surface area contributed by atoms with Crippen LogP contribution in [-0.2, 0) is 23.7 Å². The number of halogens is 6. The first-order chi connectivity index (χ1) is 18.8. The van der Waals surface area contributed by atoms with Gasteiger partial charge in [-0.3, -0.25) is 9.48 Å². The lowest BCUT2D eigenvalue weighted by atomic mass is 10.0. The number of amides is 1. The first-order valence-corrected chi connectivity index (χ1v) is 13.0. The molecular weight excluding hydrogens is 560 g/mol. The molecule has 0 bridgehead atoms. The number of thioether (sulfide) groups is 1. The van der Waals surface area contributed by atoms with Crippen molar-refractivity contribution < 1.29 is 36.2 Å². The molecular formula is C26H23F6N5O2S. The highest BCUT2D eigenvalue weighted by molar-refractivity contribution is 8.18. The van der Waals surface area contributed by atoms with E-state index in [0.717, 1.165) is 12.6 Å². The van der Waals surface area contributed by atoms with Gasteiger partial charge in [-0.2, -0.15) is 36.4 Å². The van der Waals surface area contributed by atoms with Gasteiger partial charge in [-0.05, 0) is 60.3 Å². The Morgan fingerprint density at radius 1 is 1.07 bits per heavy atom. The quantitative estimate of drug-likeness (QED) is 0.355. The number of aromatic nitrogens is 2. The molecule has 1 N–H and O–H groups in total. The second kappa shape index (κ2) is 10.6. The number of aliphatic imine (C=N–C) groups is 1. The Hall–Kier alpha value is -3.36. The SMILES string of the molecule is CN1CCN(C2=NC(=O)/C(=C/c3ccc4c(cnn4Cc4ccc(C(F)(F)F)cc4C(F)(F)F)c3)S2)[C@@H](CO)C1. The minimum atomic E-state index is -4.98. The van der Waals surface area contributed by atoms with E-state index in [1.807, 2.05) is 11.9 Å². The average Bonchev–Trinajstić information content (AvgIpc) is 3.45. The van der Waals surface area contributed by atoms with Gasteiger partial charge in [0.15, 0.2) is 5.17 Å². The lowest BCUT2D eigenvalue weighted by Crippen LogP contribution is -2.54. The lowest BCUT2D eigenvalue weighted by Gasteiger charge is -2.39. The van der Waals surface area contributed by atoms with Crippen LogP contribution in [0, 0.1) is 0 Å². The fourth-order valence-corrected chi connectivity index (χ4v) is 5.74. The van der Waals surface area contributed by atoms with Gasteiger partial charge in [-0.15, -0.1) is 0 Å². The normalized spacial score (nSPS) is 20.1. The van der Waals surface area contributed by atoms with Crippen LogP contribution in [0.2, 0.25) is 0 Å². The number of aliphatic hydroxyl groups is 1. The number of piperazine rings is 1.